The topological polar surface area (TPSA) is 85.7 Å². The van der Waals surface area contributed by atoms with Crippen molar-refractivity contribution in [2.75, 3.05) is 0 Å². The normalized spacial score (nSPS) is 13.7. The highest BCUT2D eigenvalue weighted by Gasteiger charge is 2.38. The number of aromatic nitrogens is 1. The van der Waals surface area contributed by atoms with E-state index in [-0.39, 0.29) is 16.2 Å². The van der Waals surface area contributed by atoms with Crippen molar-refractivity contribution in [2.45, 2.75) is 12.7 Å². The van der Waals surface area contributed by atoms with Gasteiger partial charge in [-0.1, -0.05) is 17.2 Å². The number of hydrogen-bond donors (Lipinski definition) is 0. The molecule has 0 N–H and O–H groups in total. The first kappa shape index (κ1) is 17.4. The summed E-state index contributed by atoms with van der Waals surface area (Å²) < 4.78 is 38.5. The Kier molecular flexibility index (Phi) is 4.10. The number of carbonyl (C=O) groups excluding carboxylic acids is 3. The van der Waals surface area contributed by atoms with E-state index in [2.05, 4.69) is 4.84 Å². The minimum atomic E-state index is -4.71. The maximum Gasteiger partial charge on any atom is 0.417 e. The van der Waals surface area contributed by atoms with Gasteiger partial charge in [0.15, 0.2) is 0 Å². The van der Waals surface area contributed by atoms with Crippen LogP contribution < -0.4 is 5.56 Å². The van der Waals surface area contributed by atoms with Crippen LogP contribution in [-0.2, 0) is 22.4 Å². The van der Waals surface area contributed by atoms with E-state index >= 15 is 0 Å². The zero-order valence-electron chi connectivity index (χ0n) is 12.8. The summed E-state index contributed by atoms with van der Waals surface area (Å²) in [4.78, 5) is 52.3. The number of alkyl halides is 3. The molecule has 134 valence electrons. The lowest BCUT2D eigenvalue weighted by Gasteiger charge is -2.14. The van der Waals surface area contributed by atoms with Crippen LogP contribution in [0.2, 0.25) is 0 Å². The SMILES string of the molecule is O=C(Cn1cc(C(F)(F)F)ccc1=O)ON1C(=O)c2ccccc2C1=O. The zero-order chi connectivity index (χ0) is 19.1. The van der Waals surface area contributed by atoms with Gasteiger partial charge in [0.05, 0.1) is 16.7 Å². The minimum absolute atomic E-state index is 0.0292. The molecule has 2 amide bonds. The maximum absolute atomic E-state index is 12.7. The van der Waals surface area contributed by atoms with Crippen LogP contribution in [0.1, 0.15) is 26.3 Å². The van der Waals surface area contributed by atoms with E-state index < -0.39 is 41.6 Å². The van der Waals surface area contributed by atoms with Crippen LogP contribution >= 0.6 is 0 Å². The number of pyridine rings is 1. The van der Waals surface area contributed by atoms with E-state index in [1.165, 1.54) is 24.3 Å². The Morgan fingerprint density at radius 3 is 2.08 bits per heavy atom. The molecule has 0 saturated carbocycles. The lowest BCUT2D eigenvalue weighted by atomic mass is 10.1. The predicted molar refractivity (Wildman–Crippen MR) is 78.7 cm³/mol. The molecule has 0 spiro atoms. The van der Waals surface area contributed by atoms with Gasteiger partial charge in [0.2, 0.25) is 0 Å². The summed E-state index contributed by atoms with van der Waals surface area (Å²) >= 11 is 0. The quantitative estimate of drug-likeness (QED) is 0.771. The average Bonchev–Trinajstić information content (AvgIpc) is 2.81. The molecule has 1 aromatic heterocycles. The predicted octanol–water partition coefficient (Wildman–Crippen LogP) is 1.62. The van der Waals surface area contributed by atoms with Gasteiger partial charge in [0.1, 0.15) is 6.54 Å². The van der Waals surface area contributed by atoms with Crippen molar-refractivity contribution in [1.29, 1.82) is 0 Å². The first-order valence-corrected chi connectivity index (χ1v) is 7.15. The second-order valence-electron chi connectivity index (χ2n) is 5.30. The molecule has 0 saturated heterocycles. The molecule has 7 nitrogen and oxygen atoms in total. The number of hydroxylamine groups is 2. The van der Waals surface area contributed by atoms with Crippen molar-refractivity contribution in [3.8, 4) is 0 Å². The standard InChI is InChI=1S/C16H9F3N2O5/c17-16(18,19)9-5-6-12(22)20(7-9)8-13(23)26-21-14(24)10-3-1-2-4-11(10)15(21)25/h1-7H,8H2. The van der Waals surface area contributed by atoms with Gasteiger partial charge in [-0.05, 0) is 18.2 Å². The molecule has 1 aliphatic rings. The molecule has 2 heterocycles. The molecular formula is C16H9F3N2O5. The Morgan fingerprint density at radius 2 is 1.54 bits per heavy atom. The molecule has 0 unspecified atom stereocenters. The van der Waals surface area contributed by atoms with Crippen LogP contribution in [0.4, 0.5) is 13.2 Å². The van der Waals surface area contributed by atoms with Gasteiger partial charge < -0.3 is 9.40 Å². The Hall–Kier alpha value is -3.43. The summed E-state index contributed by atoms with van der Waals surface area (Å²) in [6.45, 7) is -0.907. The monoisotopic (exact) mass is 366 g/mol. The number of imide groups is 1. The second kappa shape index (κ2) is 6.14. The van der Waals surface area contributed by atoms with Gasteiger partial charge in [-0.15, -0.1) is 0 Å². The Morgan fingerprint density at radius 1 is 0.962 bits per heavy atom. The third-order valence-electron chi connectivity index (χ3n) is 3.56. The minimum Gasteiger partial charge on any atom is -0.328 e. The molecule has 1 aromatic carbocycles. The summed E-state index contributed by atoms with van der Waals surface area (Å²) in [5.74, 6) is -3.01. The van der Waals surface area contributed by atoms with Crippen molar-refractivity contribution < 1.29 is 32.4 Å². The van der Waals surface area contributed by atoms with E-state index in [0.717, 1.165) is 0 Å². The molecule has 0 radical (unpaired) electrons. The Labute approximate surface area is 143 Å². The fourth-order valence-corrected chi connectivity index (χ4v) is 2.34. The number of amides is 2. The highest BCUT2D eigenvalue weighted by molar-refractivity contribution is 6.20. The van der Waals surface area contributed by atoms with Gasteiger partial charge in [0.25, 0.3) is 17.4 Å². The van der Waals surface area contributed by atoms with Gasteiger partial charge in [-0.3, -0.25) is 14.4 Å². The number of halogens is 3. The summed E-state index contributed by atoms with van der Waals surface area (Å²) in [5, 5.41) is 0.214. The molecular weight excluding hydrogens is 357 g/mol. The third kappa shape index (κ3) is 3.08. The molecule has 10 heteroatoms. The smallest absolute Gasteiger partial charge is 0.328 e. The number of benzene rings is 1. The first-order valence-electron chi connectivity index (χ1n) is 7.15. The molecule has 0 atom stereocenters. The number of nitrogens with zero attached hydrogens (tertiary/aromatic N) is 2. The van der Waals surface area contributed by atoms with Gasteiger partial charge >= 0.3 is 12.1 Å². The van der Waals surface area contributed by atoms with Gasteiger partial charge in [-0.2, -0.15) is 13.2 Å². The molecule has 2 aromatic rings. The number of hydrogen-bond acceptors (Lipinski definition) is 5. The van der Waals surface area contributed by atoms with E-state index in [0.29, 0.717) is 22.9 Å². The molecule has 1 aliphatic heterocycles. The van der Waals surface area contributed by atoms with Crippen LogP contribution in [0.5, 0.6) is 0 Å². The van der Waals surface area contributed by atoms with Crippen LogP contribution in [0, 0.1) is 0 Å². The van der Waals surface area contributed by atoms with E-state index in [9.17, 15) is 32.3 Å². The highest BCUT2D eigenvalue weighted by atomic mass is 19.4. The Balaban J connectivity index is 1.78. The van der Waals surface area contributed by atoms with E-state index in [4.69, 9.17) is 0 Å². The van der Waals surface area contributed by atoms with Crippen molar-refractivity contribution in [3.05, 3.63) is 69.6 Å². The van der Waals surface area contributed by atoms with E-state index in [1.54, 1.807) is 0 Å². The Bertz CT molecular complexity index is 945. The van der Waals surface area contributed by atoms with Gasteiger partial charge in [-0.25, -0.2) is 4.79 Å². The largest absolute Gasteiger partial charge is 0.417 e. The number of carbonyl (C=O) groups is 3. The zero-order valence-corrected chi connectivity index (χ0v) is 12.8. The average molecular weight is 366 g/mol. The maximum atomic E-state index is 12.7. The van der Waals surface area contributed by atoms with E-state index in [1.807, 2.05) is 0 Å². The van der Waals surface area contributed by atoms with Crippen LogP contribution in [-0.4, -0.2) is 27.4 Å². The van der Waals surface area contributed by atoms with Gasteiger partial charge in [0, 0.05) is 12.3 Å². The molecule has 0 aliphatic carbocycles. The summed E-state index contributed by atoms with van der Waals surface area (Å²) in [7, 11) is 0. The molecule has 0 bridgehead atoms. The number of rotatable bonds is 3. The molecule has 3 rings (SSSR count). The lowest BCUT2D eigenvalue weighted by molar-refractivity contribution is -0.169. The van der Waals surface area contributed by atoms with Crippen LogP contribution in [0.25, 0.3) is 0 Å². The lowest BCUT2D eigenvalue weighted by Crippen LogP contribution is -2.35. The summed E-state index contributed by atoms with van der Waals surface area (Å²) in [5.41, 5.74) is -1.95. The van der Waals surface area contributed by atoms with Crippen molar-refractivity contribution in [3.63, 3.8) is 0 Å². The number of fused-ring (bicyclic) bond motifs is 1. The third-order valence-corrected chi connectivity index (χ3v) is 3.56. The summed E-state index contributed by atoms with van der Waals surface area (Å²) in [6.07, 6.45) is -4.26. The highest BCUT2D eigenvalue weighted by Crippen LogP contribution is 2.28. The van der Waals surface area contributed by atoms with Crippen LogP contribution in [0.15, 0.2) is 47.4 Å². The molecule has 0 fully saturated rings. The van der Waals surface area contributed by atoms with Crippen LogP contribution in [0.3, 0.4) is 0 Å². The fourth-order valence-electron chi connectivity index (χ4n) is 2.34. The van der Waals surface area contributed by atoms with Crippen molar-refractivity contribution in [1.82, 2.24) is 9.63 Å². The molecule has 26 heavy (non-hydrogen) atoms. The van der Waals surface area contributed by atoms with Crippen molar-refractivity contribution in [2.24, 2.45) is 0 Å². The second-order valence-corrected chi connectivity index (χ2v) is 5.30. The summed E-state index contributed by atoms with van der Waals surface area (Å²) in [6, 6.07) is 6.98. The van der Waals surface area contributed by atoms with Crippen molar-refractivity contribution >= 4 is 17.8 Å². The fraction of sp³-hybridized carbons (Fsp3) is 0.125. The first-order chi connectivity index (χ1) is 12.2.